The highest BCUT2D eigenvalue weighted by Crippen LogP contribution is 2.38. The van der Waals surface area contributed by atoms with E-state index in [2.05, 4.69) is 78.0 Å². The first-order chi connectivity index (χ1) is 17.5. The Balaban J connectivity index is 1.80. The van der Waals surface area contributed by atoms with Crippen LogP contribution in [0, 0.1) is 0 Å². The number of rotatable bonds is 2. The van der Waals surface area contributed by atoms with Gasteiger partial charge in [-0.05, 0) is 111 Å². The van der Waals surface area contributed by atoms with Crippen molar-refractivity contribution in [3.05, 3.63) is 97.6 Å². The van der Waals surface area contributed by atoms with Gasteiger partial charge >= 0.3 is 0 Å². The molecule has 2 heteroatoms. The van der Waals surface area contributed by atoms with Crippen LogP contribution in [0.4, 0.5) is 0 Å². The molecule has 5 rings (SSSR count). The van der Waals surface area contributed by atoms with Crippen LogP contribution in [-0.2, 0) is 42.9 Å². The zero-order chi connectivity index (χ0) is 26.5. The molecule has 0 atom stereocenters. The van der Waals surface area contributed by atoms with Gasteiger partial charge in [0.2, 0.25) is 0 Å². The van der Waals surface area contributed by atoms with Crippen LogP contribution in [0.15, 0.2) is 36.4 Å². The van der Waals surface area contributed by atoms with E-state index in [4.69, 9.17) is 4.74 Å². The highest BCUT2D eigenvalue weighted by molar-refractivity contribution is 5.80. The molecule has 0 radical (unpaired) electrons. The first kappa shape index (κ1) is 25.5. The molecule has 192 valence electrons. The lowest BCUT2D eigenvalue weighted by Crippen LogP contribution is -2.15. The molecule has 0 amide bonds. The maximum Gasteiger partial charge on any atom is 0.150 e. The van der Waals surface area contributed by atoms with Crippen LogP contribution in [-0.4, -0.2) is 13.4 Å². The van der Waals surface area contributed by atoms with Gasteiger partial charge in [-0.25, -0.2) is 0 Å². The predicted molar refractivity (Wildman–Crippen MR) is 155 cm³/mol. The summed E-state index contributed by atoms with van der Waals surface area (Å²) in [6, 6.07) is 13.8. The van der Waals surface area contributed by atoms with E-state index < -0.39 is 0 Å². The zero-order valence-corrected chi connectivity index (χ0v) is 23.5. The highest BCUT2D eigenvalue weighted by Gasteiger charge is 2.24. The van der Waals surface area contributed by atoms with Gasteiger partial charge in [0, 0.05) is 5.56 Å². The van der Waals surface area contributed by atoms with E-state index in [9.17, 15) is 4.79 Å². The minimum Gasteiger partial charge on any atom is -0.496 e. The Morgan fingerprint density at radius 1 is 0.622 bits per heavy atom. The second-order valence-electron chi connectivity index (χ2n) is 12.9. The Hall–Kier alpha value is -3.13. The number of hydrogen-bond donors (Lipinski definition) is 0. The van der Waals surface area contributed by atoms with Crippen molar-refractivity contribution in [2.24, 2.45) is 0 Å². The van der Waals surface area contributed by atoms with Gasteiger partial charge in [-0.3, -0.25) is 4.79 Å². The van der Waals surface area contributed by atoms with Gasteiger partial charge in [0.05, 0.1) is 7.11 Å². The average Bonchev–Trinajstić information content (AvgIpc) is 3.02. The van der Waals surface area contributed by atoms with Crippen LogP contribution < -0.4 is 4.74 Å². The number of benzene rings is 3. The van der Waals surface area contributed by atoms with Crippen molar-refractivity contribution in [3.8, 4) is 5.75 Å². The van der Waals surface area contributed by atoms with Crippen molar-refractivity contribution in [2.45, 2.75) is 84.5 Å². The molecule has 0 N–H and O–H groups in total. The van der Waals surface area contributed by atoms with Gasteiger partial charge in [-0.1, -0.05) is 78.0 Å². The van der Waals surface area contributed by atoms with Gasteiger partial charge in [0.1, 0.15) is 12.0 Å². The lowest BCUT2D eigenvalue weighted by Gasteiger charge is -2.25. The van der Waals surface area contributed by atoms with Gasteiger partial charge in [-0.15, -0.1) is 0 Å². The molecule has 0 saturated heterocycles. The Bertz CT molecular complexity index is 1310. The summed E-state index contributed by atoms with van der Waals surface area (Å²) in [6.45, 7) is 13.8. The molecule has 0 aliphatic heterocycles. The fourth-order valence-corrected chi connectivity index (χ4v) is 5.95. The van der Waals surface area contributed by atoms with Gasteiger partial charge < -0.3 is 4.74 Å². The van der Waals surface area contributed by atoms with E-state index in [0.717, 1.165) is 60.8 Å². The minimum absolute atomic E-state index is 0.0643. The van der Waals surface area contributed by atoms with E-state index >= 15 is 0 Å². The number of carbonyl (C=O) groups excluding carboxylic acids is 1. The zero-order valence-electron chi connectivity index (χ0n) is 23.5. The molecule has 0 saturated carbocycles. The van der Waals surface area contributed by atoms with Gasteiger partial charge in [-0.2, -0.15) is 0 Å². The molecular weight excluding hydrogens is 452 g/mol. The molecule has 0 fully saturated rings. The third-order valence-electron chi connectivity index (χ3n) is 8.17. The maximum absolute atomic E-state index is 11.9. The van der Waals surface area contributed by atoms with Crippen LogP contribution in [0.25, 0.3) is 12.2 Å². The summed E-state index contributed by atoms with van der Waals surface area (Å²) in [5.74, 6) is 0.942. The number of carbonyl (C=O) groups is 1. The fourth-order valence-electron chi connectivity index (χ4n) is 5.95. The van der Waals surface area contributed by atoms with Gasteiger partial charge in [0.25, 0.3) is 0 Å². The molecule has 2 aliphatic rings. The van der Waals surface area contributed by atoms with E-state index in [1.165, 1.54) is 44.5 Å². The van der Waals surface area contributed by atoms with Crippen LogP contribution in [0.2, 0.25) is 0 Å². The monoisotopic (exact) mass is 492 g/mol. The lowest BCUT2D eigenvalue weighted by atomic mass is 9.80. The first-order valence-electron chi connectivity index (χ1n) is 13.6. The molecule has 0 heterocycles. The summed E-state index contributed by atoms with van der Waals surface area (Å²) in [6.07, 6.45) is 10.2. The second kappa shape index (κ2) is 9.31. The summed E-state index contributed by atoms with van der Waals surface area (Å²) in [5.41, 5.74) is 14.2. The highest BCUT2D eigenvalue weighted by atomic mass is 16.5. The normalized spacial score (nSPS) is 14.9. The quantitative estimate of drug-likeness (QED) is 0.265. The maximum atomic E-state index is 11.9. The predicted octanol–water partition coefficient (Wildman–Crippen LogP) is 8.06. The van der Waals surface area contributed by atoms with E-state index in [-0.39, 0.29) is 10.8 Å². The second-order valence-corrected chi connectivity index (χ2v) is 12.9. The molecule has 37 heavy (non-hydrogen) atoms. The van der Waals surface area contributed by atoms with Gasteiger partial charge in [0.15, 0.2) is 0 Å². The number of fused-ring (bicyclic) bond motifs is 2. The van der Waals surface area contributed by atoms with Crippen molar-refractivity contribution < 1.29 is 9.53 Å². The van der Waals surface area contributed by atoms with E-state index in [1.807, 2.05) is 12.1 Å². The van der Waals surface area contributed by atoms with Crippen molar-refractivity contribution in [1.82, 2.24) is 0 Å². The minimum atomic E-state index is 0.0643. The molecular formula is C35H40O2. The molecule has 3 aromatic carbocycles. The SMILES string of the molecule is COc1c2cc(C=O)cc1CCc1cc(C(C)(C)C)cc3c1C=Cc1c(cc(C(C)(C)C)cc1C3)CC2. The van der Waals surface area contributed by atoms with Crippen LogP contribution >= 0.6 is 0 Å². The number of ether oxygens (including phenoxy) is 1. The number of aryl methyl sites for hydroxylation is 4. The van der Waals surface area contributed by atoms with Crippen molar-refractivity contribution in [2.75, 3.05) is 7.11 Å². The van der Waals surface area contributed by atoms with Crippen LogP contribution in [0.5, 0.6) is 5.75 Å². The molecule has 4 bridgehead atoms. The fraction of sp³-hybridized carbons (Fsp3) is 0.400. The number of methoxy groups -OCH3 is 1. The summed E-state index contributed by atoms with van der Waals surface area (Å²) < 4.78 is 5.99. The average molecular weight is 493 g/mol. The summed E-state index contributed by atoms with van der Waals surface area (Å²) in [7, 11) is 1.76. The summed E-state index contributed by atoms with van der Waals surface area (Å²) >= 11 is 0. The van der Waals surface area contributed by atoms with Crippen molar-refractivity contribution in [1.29, 1.82) is 0 Å². The Kier molecular flexibility index (Phi) is 6.42. The van der Waals surface area contributed by atoms with Crippen LogP contribution in [0.1, 0.15) is 108 Å². The molecule has 2 nitrogen and oxygen atoms in total. The van der Waals surface area contributed by atoms with Crippen LogP contribution in [0.3, 0.4) is 0 Å². The summed E-state index contributed by atoms with van der Waals surface area (Å²) in [5, 5.41) is 0. The third-order valence-corrected chi connectivity index (χ3v) is 8.17. The molecule has 0 aromatic heterocycles. The molecule has 0 spiro atoms. The Morgan fingerprint density at radius 3 is 1.41 bits per heavy atom. The number of hydrogen-bond acceptors (Lipinski definition) is 2. The largest absolute Gasteiger partial charge is 0.496 e. The van der Waals surface area contributed by atoms with Crippen molar-refractivity contribution in [3.63, 3.8) is 0 Å². The Morgan fingerprint density at radius 2 is 1.03 bits per heavy atom. The topological polar surface area (TPSA) is 26.3 Å². The third kappa shape index (κ3) is 4.91. The van der Waals surface area contributed by atoms with Crippen molar-refractivity contribution >= 4 is 18.4 Å². The Labute approximate surface area is 222 Å². The molecule has 2 aliphatic carbocycles. The first-order valence-corrected chi connectivity index (χ1v) is 13.6. The lowest BCUT2D eigenvalue weighted by molar-refractivity contribution is 0.112. The standard InChI is InChI=1S/C35H40O2/c1-34(2,3)29-17-23-8-10-25-14-22(21-36)15-26(33(25)37-7)11-9-24-18-30(35(4,5)6)20-28-16-27(19-29)31(23)12-13-32(24)28/h12-15,17-21H,8-11,16H2,1-7H3. The smallest absolute Gasteiger partial charge is 0.150 e. The van der Waals surface area contributed by atoms with E-state index in [1.54, 1.807) is 7.11 Å². The van der Waals surface area contributed by atoms with E-state index in [0.29, 0.717) is 0 Å². The summed E-state index contributed by atoms with van der Waals surface area (Å²) in [4.78, 5) is 11.9. The molecule has 0 unspecified atom stereocenters. The molecule has 3 aromatic rings. The number of aldehydes is 1.